The summed E-state index contributed by atoms with van der Waals surface area (Å²) in [4.78, 5) is 14.6. The van der Waals surface area contributed by atoms with E-state index in [-0.39, 0.29) is 5.56 Å². The smallest absolute Gasteiger partial charge is 0.291 e. The van der Waals surface area contributed by atoms with Crippen molar-refractivity contribution >= 4 is 17.3 Å². The average Bonchev–Trinajstić information content (AvgIpc) is 3.28. The monoisotopic (exact) mass is 312 g/mol. The van der Waals surface area contributed by atoms with Gasteiger partial charge < -0.3 is 10.2 Å². The lowest BCUT2D eigenvalue weighted by molar-refractivity contribution is 0.261. The van der Waals surface area contributed by atoms with E-state index in [0.29, 0.717) is 35.8 Å². The zero-order valence-electron chi connectivity index (χ0n) is 13.1. The average molecular weight is 313 g/mol. The number of nitrogens with one attached hydrogen (secondary N) is 1. The zero-order chi connectivity index (χ0) is 15.4. The first kappa shape index (κ1) is 16.3. The van der Waals surface area contributed by atoms with Crippen LogP contribution in [0.15, 0.2) is 11.0 Å². The van der Waals surface area contributed by atoms with Crippen LogP contribution in [0.1, 0.15) is 33.1 Å². The van der Waals surface area contributed by atoms with Gasteiger partial charge in [-0.2, -0.15) is 5.10 Å². The van der Waals surface area contributed by atoms with E-state index in [0.717, 1.165) is 13.0 Å². The molecule has 1 fully saturated rings. The molecule has 1 heterocycles. The maximum Gasteiger partial charge on any atom is 0.291 e. The molecule has 0 aliphatic heterocycles. The minimum Gasteiger partial charge on any atom is -0.378 e. The maximum atomic E-state index is 12.4. The molecule has 0 radical (unpaired) electrons. The number of hydrogen-bond donors (Lipinski definition) is 1. The van der Waals surface area contributed by atoms with Crippen LogP contribution >= 0.6 is 11.6 Å². The highest BCUT2D eigenvalue weighted by Crippen LogP contribution is 2.30. The first-order valence-electron chi connectivity index (χ1n) is 7.72. The molecule has 1 N–H and O–H groups in total. The quantitative estimate of drug-likeness (QED) is 0.801. The van der Waals surface area contributed by atoms with E-state index in [1.165, 1.54) is 17.5 Å². The molecular formula is C15H25ClN4O. The molecule has 6 heteroatoms. The predicted octanol–water partition coefficient (Wildman–Crippen LogP) is 2.45. The standard InChI is InChI=1S/C15H25ClN4O/c1-4-11(2)19(3)8-7-17-14-13(16)9-18-20(15(14)21)10-12-5-6-12/h9,11-12,17H,4-8,10H2,1-3H3. The van der Waals surface area contributed by atoms with Crippen LogP contribution in [0.4, 0.5) is 5.69 Å². The summed E-state index contributed by atoms with van der Waals surface area (Å²) in [6, 6.07) is 0.534. The second kappa shape index (κ2) is 7.27. The molecular weight excluding hydrogens is 288 g/mol. The van der Waals surface area contributed by atoms with Crippen molar-refractivity contribution in [2.45, 2.75) is 45.7 Å². The summed E-state index contributed by atoms with van der Waals surface area (Å²) in [5.41, 5.74) is 0.366. The van der Waals surface area contributed by atoms with Gasteiger partial charge in [-0.3, -0.25) is 4.79 Å². The van der Waals surface area contributed by atoms with Gasteiger partial charge in [0, 0.05) is 25.7 Å². The van der Waals surface area contributed by atoms with E-state index in [9.17, 15) is 4.79 Å². The summed E-state index contributed by atoms with van der Waals surface area (Å²) in [5, 5.41) is 7.70. The zero-order valence-corrected chi connectivity index (χ0v) is 13.9. The molecule has 118 valence electrons. The summed E-state index contributed by atoms with van der Waals surface area (Å²) in [5.74, 6) is 0.612. The Balaban J connectivity index is 1.97. The first-order valence-corrected chi connectivity index (χ1v) is 8.10. The van der Waals surface area contributed by atoms with Gasteiger partial charge in [0.15, 0.2) is 0 Å². The highest BCUT2D eigenvalue weighted by atomic mass is 35.5. The van der Waals surface area contributed by atoms with Gasteiger partial charge in [0.1, 0.15) is 5.69 Å². The van der Waals surface area contributed by atoms with E-state index >= 15 is 0 Å². The Kier molecular flexibility index (Phi) is 5.65. The number of anilines is 1. The first-order chi connectivity index (χ1) is 10.0. The van der Waals surface area contributed by atoms with Crippen LogP contribution in [-0.2, 0) is 6.54 Å². The van der Waals surface area contributed by atoms with Crippen LogP contribution in [0.2, 0.25) is 5.02 Å². The summed E-state index contributed by atoms with van der Waals surface area (Å²) >= 11 is 6.11. The third kappa shape index (κ3) is 4.45. The van der Waals surface area contributed by atoms with Gasteiger partial charge in [-0.25, -0.2) is 4.68 Å². The van der Waals surface area contributed by atoms with Gasteiger partial charge in [0.05, 0.1) is 11.2 Å². The van der Waals surface area contributed by atoms with Crippen LogP contribution < -0.4 is 10.9 Å². The second-order valence-electron chi connectivity index (χ2n) is 5.96. The molecule has 0 amide bonds. The van der Waals surface area contributed by atoms with Crippen molar-refractivity contribution in [1.82, 2.24) is 14.7 Å². The Hall–Kier alpha value is -1.07. The number of nitrogens with zero attached hydrogens (tertiary/aromatic N) is 3. The lowest BCUT2D eigenvalue weighted by Gasteiger charge is -2.23. The van der Waals surface area contributed by atoms with Gasteiger partial charge in [-0.1, -0.05) is 18.5 Å². The molecule has 21 heavy (non-hydrogen) atoms. The van der Waals surface area contributed by atoms with E-state index in [1.807, 2.05) is 0 Å². The van der Waals surface area contributed by atoms with Crippen LogP contribution in [-0.4, -0.2) is 40.9 Å². The van der Waals surface area contributed by atoms with Gasteiger partial charge >= 0.3 is 0 Å². The Bertz CT molecular complexity index is 527. The van der Waals surface area contributed by atoms with Gasteiger partial charge in [-0.15, -0.1) is 0 Å². The Morgan fingerprint density at radius 2 is 2.29 bits per heavy atom. The normalized spacial score (nSPS) is 16.2. The molecule has 1 saturated carbocycles. The van der Waals surface area contributed by atoms with Crippen molar-refractivity contribution in [3.8, 4) is 0 Å². The van der Waals surface area contributed by atoms with Gasteiger partial charge in [-0.05, 0) is 39.2 Å². The molecule has 0 aromatic carbocycles. The topological polar surface area (TPSA) is 50.2 Å². The molecule has 1 aromatic heterocycles. The highest BCUT2D eigenvalue weighted by molar-refractivity contribution is 6.32. The lowest BCUT2D eigenvalue weighted by Crippen LogP contribution is -2.34. The summed E-state index contributed by atoms with van der Waals surface area (Å²) in [6.45, 7) is 6.64. The Labute approximate surface area is 131 Å². The fourth-order valence-electron chi connectivity index (χ4n) is 2.19. The number of aromatic nitrogens is 2. The van der Waals surface area contributed by atoms with Crippen molar-refractivity contribution in [2.24, 2.45) is 5.92 Å². The molecule has 0 bridgehead atoms. The summed E-state index contributed by atoms with van der Waals surface area (Å²) < 4.78 is 1.53. The number of rotatable bonds is 8. The molecule has 1 aliphatic rings. The number of halogens is 1. The molecule has 2 rings (SSSR count). The lowest BCUT2D eigenvalue weighted by atomic mass is 10.2. The fourth-order valence-corrected chi connectivity index (χ4v) is 2.38. The SMILES string of the molecule is CCC(C)N(C)CCNc1c(Cl)cnn(CC2CC2)c1=O. The van der Waals surface area contributed by atoms with Crippen LogP contribution in [0.3, 0.4) is 0 Å². The summed E-state index contributed by atoms with van der Waals surface area (Å²) in [6.07, 6.45) is 5.06. The van der Waals surface area contributed by atoms with Gasteiger partial charge in [0.25, 0.3) is 5.56 Å². The third-order valence-corrected chi connectivity index (χ3v) is 4.52. The molecule has 1 atom stereocenters. The predicted molar refractivity (Wildman–Crippen MR) is 87.1 cm³/mol. The molecule has 0 spiro atoms. The Morgan fingerprint density at radius 1 is 1.57 bits per heavy atom. The van der Waals surface area contributed by atoms with Gasteiger partial charge in [0.2, 0.25) is 0 Å². The van der Waals surface area contributed by atoms with Crippen molar-refractivity contribution in [2.75, 3.05) is 25.5 Å². The highest BCUT2D eigenvalue weighted by Gasteiger charge is 2.23. The summed E-state index contributed by atoms with van der Waals surface area (Å²) in [7, 11) is 2.09. The largest absolute Gasteiger partial charge is 0.378 e. The van der Waals surface area contributed by atoms with Crippen LogP contribution in [0.25, 0.3) is 0 Å². The van der Waals surface area contributed by atoms with Crippen LogP contribution in [0, 0.1) is 5.92 Å². The fraction of sp³-hybridized carbons (Fsp3) is 0.733. The minimum absolute atomic E-state index is 0.111. The van der Waals surface area contributed by atoms with Crippen molar-refractivity contribution < 1.29 is 0 Å². The molecule has 5 nitrogen and oxygen atoms in total. The molecule has 0 saturated heterocycles. The second-order valence-corrected chi connectivity index (χ2v) is 6.37. The van der Waals surface area contributed by atoms with Crippen LogP contribution in [0.5, 0.6) is 0 Å². The van der Waals surface area contributed by atoms with Crippen molar-refractivity contribution in [1.29, 1.82) is 0 Å². The van der Waals surface area contributed by atoms with E-state index < -0.39 is 0 Å². The minimum atomic E-state index is -0.111. The Morgan fingerprint density at radius 3 is 2.90 bits per heavy atom. The third-order valence-electron chi connectivity index (χ3n) is 4.24. The van der Waals surface area contributed by atoms with E-state index in [2.05, 4.69) is 36.2 Å². The number of hydrogen-bond acceptors (Lipinski definition) is 4. The maximum absolute atomic E-state index is 12.4. The number of likely N-dealkylation sites (N-methyl/N-ethyl adjacent to an activating group) is 1. The molecule has 1 aliphatic carbocycles. The van der Waals surface area contributed by atoms with E-state index in [1.54, 1.807) is 6.20 Å². The van der Waals surface area contributed by atoms with E-state index in [4.69, 9.17) is 11.6 Å². The molecule has 1 aromatic rings. The van der Waals surface area contributed by atoms with Crippen molar-refractivity contribution in [3.63, 3.8) is 0 Å². The molecule has 1 unspecified atom stereocenters. The van der Waals surface area contributed by atoms with Crippen molar-refractivity contribution in [3.05, 3.63) is 21.6 Å².